The third kappa shape index (κ3) is 4.54. The third-order valence-corrected chi connectivity index (χ3v) is 6.80. The Morgan fingerprint density at radius 2 is 1.86 bits per heavy atom. The first-order chi connectivity index (χ1) is 14.0. The lowest BCUT2D eigenvalue weighted by Crippen LogP contribution is -2.51. The molecule has 2 atom stereocenters. The average Bonchev–Trinajstić information content (AvgIpc) is 3.25. The van der Waals surface area contributed by atoms with Crippen molar-refractivity contribution in [3.8, 4) is 5.75 Å². The van der Waals surface area contributed by atoms with Gasteiger partial charge in [-0.25, -0.2) is 8.42 Å². The van der Waals surface area contributed by atoms with Crippen LogP contribution in [0.3, 0.4) is 0 Å². The van der Waals surface area contributed by atoms with Crippen molar-refractivity contribution >= 4 is 21.6 Å². The second-order valence-electron chi connectivity index (χ2n) is 7.23. The van der Waals surface area contributed by atoms with Crippen LogP contribution in [0.5, 0.6) is 5.75 Å². The maximum atomic E-state index is 13.2. The lowest BCUT2D eigenvalue weighted by Gasteiger charge is -2.34. The highest BCUT2D eigenvalue weighted by atomic mass is 32.2. The maximum absolute atomic E-state index is 13.2. The Morgan fingerprint density at radius 1 is 1.10 bits per heavy atom. The molecule has 0 radical (unpaired) electrons. The van der Waals surface area contributed by atoms with Gasteiger partial charge in [0.1, 0.15) is 5.75 Å². The first kappa shape index (κ1) is 19.7. The molecule has 154 valence electrons. The number of nitrogens with one attached hydrogen (secondary N) is 1. The van der Waals surface area contributed by atoms with Gasteiger partial charge in [-0.2, -0.15) is 0 Å². The van der Waals surface area contributed by atoms with Gasteiger partial charge in [-0.3, -0.25) is 9.10 Å². The van der Waals surface area contributed by atoms with E-state index in [1.54, 1.807) is 48.5 Å². The van der Waals surface area contributed by atoms with E-state index in [0.29, 0.717) is 30.2 Å². The molecule has 1 fully saturated rings. The molecule has 0 spiro atoms. The number of benzene rings is 2. The normalized spacial score (nSPS) is 21.3. The highest BCUT2D eigenvalue weighted by molar-refractivity contribution is 7.92. The zero-order valence-corrected chi connectivity index (χ0v) is 16.8. The molecular formula is C21H24N2O5S. The fourth-order valence-corrected chi connectivity index (χ4v) is 5.18. The van der Waals surface area contributed by atoms with Gasteiger partial charge in [0.2, 0.25) is 10.0 Å². The molecule has 2 heterocycles. The summed E-state index contributed by atoms with van der Waals surface area (Å²) in [6, 6.07) is 15.9. The number of nitrogens with zero attached hydrogens (tertiary/aromatic N) is 1. The summed E-state index contributed by atoms with van der Waals surface area (Å²) in [4.78, 5) is 12.7. The lowest BCUT2D eigenvalue weighted by molar-refractivity contribution is -0.128. The van der Waals surface area contributed by atoms with E-state index in [2.05, 4.69) is 5.32 Å². The van der Waals surface area contributed by atoms with Crippen molar-refractivity contribution in [1.29, 1.82) is 0 Å². The van der Waals surface area contributed by atoms with Crippen LogP contribution in [0.2, 0.25) is 0 Å². The summed E-state index contributed by atoms with van der Waals surface area (Å²) < 4.78 is 39.0. The van der Waals surface area contributed by atoms with E-state index in [1.807, 2.05) is 6.07 Å². The third-order valence-electron chi connectivity index (χ3n) is 5.08. The Kier molecular flexibility index (Phi) is 5.73. The predicted molar refractivity (Wildman–Crippen MR) is 109 cm³/mol. The summed E-state index contributed by atoms with van der Waals surface area (Å²) in [5, 5.41) is 2.84. The molecule has 2 aromatic rings. The molecule has 2 aromatic carbocycles. The van der Waals surface area contributed by atoms with E-state index >= 15 is 0 Å². The molecule has 2 aliphatic heterocycles. The molecule has 29 heavy (non-hydrogen) atoms. The van der Waals surface area contributed by atoms with Crippen LogP contribution in [-0.2, 0) is 25.3 Å². The van der Waals surface area contributed by atoms with Gasteiger partial charge in [-0.05, 0) is 30.5 Å². The SMILES string of the molecule is O=C(NC[C@@H]1CCCO1)[C@H]1CN(S(=O)(=O)Cc2ccccc2)c2ccccc2O1. The number of fused-ring (bicyclic) bond motifs is 1. The maximum Gasteiger partial charge on any atom is 0.263 e. The van der Waals surface area contributed by atoms with Crippen LogP contribution in [0, 0.1) is 0 Å². The summed E-state index contributed by atoms with van der Waals surface area (Å²) in [7, 11) is -3.70. The van der Waals surface area contributed by atoms with Crippen molar-refractivity contribution in [2.24, 2.45) is 0 Å². The molecule has 1 amide bonds. The molecule has 1 N–H and O–H groups in total. The number of carbonyl (C=O) groups is 1. The van der Waals surface area contributed by atoms with Gasteiger partial charge in [0, 0.05) is 13.2 Å². The summed E-state index contributed by atoms with van der Waals surface area (Å²) >= 11 is 0. The standard InChI is InChI=1S/C21H24N2O5S/c24-21(22-13-17-9-6-12-27-17)20-14-23(18-10-4-5-11-19(18)28-20)29(25,26)15-16-7-2-1-3-8-16/h1-5,7-8,10-11,17,20H,6,9,12-15H2,(H,22,24)/t17-,20+/m0/s1. The fraction of sp³-hybridized carbons (Fsp3) is 0.381. The Labute approximate surface area is 170 Å². The Hall–Kier alpha value is -2.58. The van der Waals surface area contributed by atoms with Crippen molar-refractivity contribution in [2.75, 3.05) is 24.0 Å². The van der Waals surface area contributed by atoms with E-state index in [1.165, 1.54) is 4.31 Å². The van der Waals surface area contributed by atoms with Gasteiger partial charge in [0.15, 0.2) is 6.10 Å². The van der Waals surface area contributed by atoms with Crippen LogP contribution in [-0.4, -0.2) is 46.2 Å². The van der Waals surface area contributed by atoms with Gasteiger partial charge >= 0.3 is 0 Å². The molecule has 8 heteroatoms. The minimum atomic E-state index is -3.70. The van der Waals surface area contributed by atoms with Gasteiger partial charge in [-0.15, -0.1) is 0 Å². The number of hydrogen-bond acceptors (Lipinski definition) is 5. The number of sulfonamides is 1. The molecule has 0 aromatic heterocycles. The van der Waals surface area contributed by atoms with Crippen molar-refractivity contribution in [2.45, 2.75) is 30.8 Å². The first-order valence-corrected chi connectivity index (χ1v) is 11.3. The van der Waals surface area contributed by atoms with E-state index in [4.69, 9.17) is 9.47 Å². The van der Waals surface area contributed by atoms with E-state index in [0.717, 1.165) is 12.8 Å². The van der Waals surface area contributed by atoms with Gasteiger partial charge in [0.25, 0.3) is 5.91 Å². The van der Waals surface area contributed by atoms with Gasteiger partial charge in [0.05, 0.1) is 24.1 Å². The summed E-state index contributed by atoms with van der Waals surface area (Å²) in [6.07, 6.45) is 0.982. The second kappa shape index (κ2) is 8.42. The molecule has 4 rings (SSSR count). The highest BCUT2D eigenvalue weighted by Crippen LogP contribution is 2.35. The highest BCUT2D eigenvalue weighted by Gasteiger charge is 2.36. The number of para-hydroxylation sites is 2. The van der Waals surface area contributed by atoms with Crippen LogP contribution in [0.25, 0.3) is 0 Å². The van der Waals surface area contributed by atoms with Crippen molar-refractivity contribution in [1.82, 2.24) is 5.32 Å². The molecule has 2 aliphatic rings. The molecular weight excluding hydrogens is 392 g/mol. The van der Waals surface area contributed by atoms with Gasteiger partial charge < -0.3 is 14.8 Å². The fourth-order valence-electron chi connectivity index (χ4n) is 3.60. The summed E-state index contributed by atoms with van der Waals surface area (Å²) in [6.45, 7) is 1.04. The minimum Gasteiger partial charge on any atom is -0.476 e. The molecule has 1 saturated heterocycles. The number of rotatable bonds is 6. The zero-order valence-electron chi connectivity index (χ0n) is 16.0. The smallest absolute Gasteiger partial charge is 0.263 e. The van der Waals surface area contributed by atoms with Crippen LogP contribution < -0.4 is 14.4 Å². The Bertz CT molecular complexity index is 958. The largest absolute Gasteiger partial charge is 0.476 e. The van der Waals surface area contributed by atoms with Crippen LogP contribution >= 0.6 is 0 Å². The zero-order chi connectivity index (χ0) is 20.3. The first-order valence-electron chi connectivity index (χ1n) is 9.72. The van der Waals surface area contributed by atoms with Crippen LogP contribution in [0.15, 0.2) is 54.6 Å². The predicted octanol–water partition coefficient (Wildman–Crippen LogP) is 2.08. The minimum absolute atomic E-state index is 0.00717. The van der Waals surface area contributed by atoms with Crippen molar-refractivity contribution in [3.63, 3.8) is 0 Å². The molecule has 0 unspecified atom stereocenters. The average molecular weight is 416 g/mol. The number of ether oxygens (including phenoxy) is 2. The monoisotopic (exact) mass is 416 g/mol. The van der Waals surface area contributed by atoms with Crippen molar-refractivity contribution in [3.05, 3.63) is 60.2 Å². The number of carbonyl (C=O) groups excluding carboxylic acids is 1. The Balaban J connectivity index is 1.53. The topological polar surface area (TPSA) is 84.9 Å². The van der Waals surface area contributed by atoms with Crippen LogP contribution in [0.1, 0.15) is 18.4 Å². The number of hydrogen-bond donors (Lipinski definition) is 1. The van der Waals surface area contributed by atoms with Crippen LogP contribution in [0.4, 0.5) is 5.69 Å². The molecule has 7 nitrogen and oxygen atoms in total. The van der Waals surface area contributed by atoms with E-state index < -0.39 is 16.1 Å². The molecule has 0 bridgehead atoms. The van der Waals surface area contributed by atoms with Crippen molar-refractivity contribution < 1.29 is 22.7 Å². The number of anilines is 1. The second-order valence-corrected chi connectivity index (χ2v) is 9.12. The quantitative estimate of drug-likeness (QED) is 0.779. The molecule has 0 saturated carbocycles. The van der Waals surface area contributed by atoms with Gasteiger partial charge in [-0.1, -0.05) is 42.5 Å². The van der Waals surface area contributed by atoms with E-state index in [9.17, 15) is 13.2 Å². The number of amides is 1. The summed E-state index contributed by atoms with van der Waals surface area (Å²) in [5.74, 6) is -0.102. The lowest BCUT2D eigenvalue weighted by atomic mass is 10.2. The summed E-state index contributed by atoms with van der Waals surface area (Å²) in [5.41, 5.74) is 1.14. The Morgan fingerprint density at radius 3 is 2.62 bits per heavy atom. The van der Waals surface area contributed by atoms with E-state index in [-0.39, 0.29) is 24.3 Å². The molecule has 0 aliphatic carbocycles.